The lowest BCUT2D eigenvalue weighted by atomic mass is 9.98. The Morgan fingerprint density at radius 2 is 2.24 bits per heavy atom. The molecular formula is C16H21FN2OS. The molecule has 0 bridgehead atoms. The molecule has 0 spiro atoms. The summed E-state index contributed by atoms with van der Waals surface area (Å²) < 4.78 is 13.9. The highest BCUT2D eigenvalue weighted by molar-refractivity contribution is 7.80. The van der Waals surface area contributed by atoms with Crippen molar-refractivity contribution in [1.29, 1.82) is 0 Å². The second-order valence-corrected chi connectivity index (χ2v) is 6.03. The van der Waals surface area contributed by atoms with Crippen LogP contribution in [0.3, 0.4) is 0 Å². The van der Waals surface area contributed by atoms with Gasteiger partial charge in [-0.05, 0) is 37.0 Å². The van der Waals surface area contributed by atoms with Crippen LogP contribution in [0.4, 0.5) is 4.39 Å². The van der Waals surface area contributed by atoms with Crippen molar-refractivity contribution in [2.45, 2.75) is 39.2 Å². The minimum absolute atomic E-state index is 0.103. The summed E-state index contributed by atoms with van der Waals surface area (Å²) in [6, 6.07) is 4.58. The van der Waals surface area contributed by atoms with E-state index in [1.54, 1.807) is 17.0 Å². The maximum Gasteiger partial charge on any atom is 0.222 e. The summed E-state index contributed by atoms with van der Waals surface area (Å²) in [5.41, 5.74) is 6.69. The third-order valence-electron chi connectivity index (χ3n) is 4.20. The number of rotatable bonds is 4. The van der Waals surface area contributed by atoms with Crippen molar-refractivity contribution in [3.8, 4) is 0 Å². The molecule has 0 aliphatic carbocycles. The Bertz CT molecular complexity index is 547. The number of benzene rings is 1. The lowest BCUT2D eigenvalue weighted by molar-refractivity contribution is -0.131. The largest absolute Gasteiger partial charge is 0.389 e. The van der Waals surface area contributed by atoms with Crippen molar-refractivity contribution in [3.63, 3.8) is 0 Å². The summed E-state index contributed by atoms with van der Waals surface area (Å²) in [5.74, 6) is 0.372. The molecule has 1 amide bonds. The lowest BCUT2D eigenvalue weighted by Crippen LogP contribution is -2.30. The van der Waals surface area contributed by atoms with Crippen molar-refractivity contribution in [3.05, 3.63) is 35.1 Å². The second-order valence-electron chi connectivity index (χ2n) is 5.59. The van der Waals surface area contributed by atoms with E-state index in [-0.39, 0.29) is 23.3 Å². The van der Waals surface area contributed by atoms with Gasteiger partial charge in [-0.1, -0.05) is 25.6 Å². The van der Waals surface area contributed by atoms with Crippen LogP contribution in [-0.4, -0.2) is 22.3 Å². The summed E-state index contributed by atoms with van der Waals surface area (Å²) in [5, 5.41) is 0. The predicted octanol–water partition coefficient (Wildman–Crippen LogP) is 3.00. The third kappa shape index (κ3) is 4.00. The monoisotopic (exact) mass is 308 g/mol. The average molecular weight is 308 g/mol. The van der Waals surface area contributed by atoms with Gasteiger partial charge in [0.2, 0.25) is 5.91 Å². The fraction of sp³-hybridized carbons (Fsp3) is 0.500. The smallest absolute Gasteiger partial charge is 0.222 e. The normalized spacial score (nSPS) is 19.4. The Morgan fingerprint density at radius 1 is 1.48 bits per heavy atom. The number of carbonyl (C=O) groups excluding carboxylic acids is 1. The van der Waals surface area contributed by atoms with Gasteiger partial charge in [-0.25, -0.2) is 4.39 Å². The molecule has 1 atom stereocenters. The molecule has 3 nitrogen and oxygen atoms in total. The highest BCUT2D eigenvalue weighted by atomic mass is 32.1. The van der Waals surface area contributed by atoms with Gasteiger partial charge in [-0.2, -0.15) is 0 Å². The summed E-state index contributed by atoms with van der Waals surface area (Å²) in [7, 11) is 0. The maximum atomic E-state index is 13.9. The van der Waals surface area contributed by atoms with Gasteiger partial charge < -0.3 is 10.6 Å². The Kier molecular flexibility index (Phi) is 5.28. The van der Waals surface area contributed by atoms with Crippen LogP contribution >= 0.6 is 12.2 Å². The number of nitrogens with two attached hydrogens (primary N) is 1. The summed E-state index contributed by atoms with van der Waals surface area (Å²) >= 11 is 4.92. The summed E-state index contributed by atoms with van der Waals surface area (Å²) in [4.78, 5) is 14.2. The van der Waals surface area contributed by atoms with Crippen LogP contribution < -0.4 is 5.73 Å². The third-order valence-corrected chi connectivity index (χ3v) is 4.43. The standard InChI is InChI=1S/C16H21FN2OS/c1-2-11-3-6-15(20)19(8-7-11)10-13-9-12(16(18)21)4-5-14(13)17/h4-5,9,11H,2-3,6-8,10H2,1H3,(H2,18,21). The van der Waals surface area contributed by atoms with E-state index in [1.165, 1.54) is 6.07 Å². The van der Waals surface area contributed by atoms with Gasteiger partial charge in [-0.3, -0.25) is 4.79 Å². The summed E-state index contributed by atoms with van der Waals surface area (Å²) in [6.45, 7) is 3.13. The Balaban J connectivity index is 2.15. The van der Waals surface area contributed by atoms with E-state index in [4.69, 9.17) is 18.0 Å². The van der Waals surface area contributed by atoms with Crippen LogP contribution in [0.5, 0.6) is 0 Å². The van der Waals surface area contributed by atoms with E-state index in [9.17, 15) is 9.18 Å². The van der Waals surface area contributed by atoms with Gasteiger partial charge in [0.25, 0.3) is 0 Å². The zero-order valence-electron chi connectivity index (χ0n) is 12.3. The fourth-order valence-corrected chi connectivity index (χ4v) is 2.85. The molecule has 0 radical (unpaired) electrons. The average Bonchev–Trinajstić information content (AvgIpc) is 2.63. The van der Waals surface area contributed by atoms with E-state index in [0.29, 0.717) is 30.0 Å². The van der Waals surface area contributed by atoms with Crippen molar-refractivity contribution in [2.75, 3.05) is 6.54 Å². The molecule has 2 N–H and O–H groups in total. The molecule has 2 rings (SSSR count). The maximum absolute atomic E-state index is 13.9. The fourth-order valence-electron chi connectivity index (χ4n) is 2.72. The van der Waals surface area contributed by atoms with Gasteiger partial charge in [0.15, 0.2) is 0 Å². The van der Waals surface area contributed by atoms with Crippen LogP contribution in [0, 0.1) is 11.7 Å². The number of hydrogen-bond donors (Lipinski definition) is 1. The van der Waals surface area contributed by atoms with Crippen molar-refractivity contribution >= 4 is 23.1 Å². The number of amides is 1. The van der Waals surface area contributed by atoms with Crippen LogP contribution in [0.25, 0.3) is 0 Å². The first-order valence-corrected chi connectivity index (χ1v) is 7.78. The molecule has 1 aromatic rings. The van der Waals surface area contributed by atoms with Gasteiger partial charge in [0.1, 0.15) is 10.8 Å². The first-order valence-electron chi connectivity index (χ1n) is 7.37. The Morgan fingerprint density at radius 3 is 2.90 bits per heavy atom. The van der Waals surface area contributed by atoms with E-state index in [1.807, 2.05) is 0 Å². The number of carbonyl (C=O) groups is 1. The molecular weight excluding hydrogens is 287 g/mol. The molecule has 21 heavy (non-hydrogen) atoms. The highest BCUT2D eigenvalue weighted by Crippen LogP contribution is 2.23. The zero-order chi connectivity index (χ0) is 15.4. The number of hydrogen-bond acceptors (Lipinski definition) is 2. The molecule has 0 aromatic heterocycles. The molecule has 1 unspecified atom stereocenters. The molecule has 0 saturated carbocycles. The lowest BCUT2D eigenvalue weighted by Gasteiger charge is -2.21. The van der Waals surface area contributed by atoms with E-state index in [2.05, 4.69) is 6.92 Å². The Labute approximate surface area is 130 Å². The first-order chi connectivity index (χ1) is 10.0. The first kappa shape index (κ1) is 15.9. The summed E-state index contributed by atoms with van der Waals surface area (Å²) in [6.07, 6.45) is 3.56. The van der Waals surface area contributed by atoms with Crippen molar-refractivity contribution in [2.24, 2.45) is 11.7 Å². The van der Waals surface area contributed by atoms with Gasteiger partial charge >= 0.3 is 0 Å². The van der Waals surface area contributed by atoms with Gasteiger partial charge in [0.05, 0.1) is 0 Å². The predicted molar refractivity (Wildman–Crippen MR) is 85.3 cm³/mol. The molecule has 5 heteroatoms. The highest BCUT2D eigenvalue weighted by Gasteiger charge is 2.22. The molecule has 114 valence electrons. The molecule has 1 aliphatic heterocycles. The molecule has 1 aliphatic rings. The van der Waals surface area contributed by atoms with Crippen LogP contribution in [-0.2, 0) is 11.3 Å². The number of halogens is 1. The molecule has 1 heterocycles. The van der Waals surface area contributed by atoms with Gasteiger partial charge in [0, 0.05) is 30.6 Å². The van der Waals surface area contributed by atoms with E-state index in [0.717, 1.165) is 19.3 Å². The number of likely N-dealkylation sites (tertiary alicyclic amines) is 1. The number of thiocarbonyl (C=S) groups is 1. The molecule has 1 aromatic carbocycles. The van der Waals surface area contributed by atoms with Crippen molar-refractivity contribution < 1.29 is 9.18 Å². The van der Waals surface area contributed by atoms with Crippen LogP contribution in [0.2, 0.25) is 0 Å². The topological polar surface area (TPSA) is 46.3 Å². The Hall–Kier alpha value is -1.49. The SMILES string of the molecule is CCC1CCC(=O)N(Cc2cc(C(N)=S)ccc2F)CC1. The van der Waals surface area contributed by atoms with Crippen molar-refractivity contribution in [1.82, 2.24) is 4.90 Å². The van der Waals surface area contributed by atoms with Crippen LogP contribution in [0.15, 0.2) is 18.2 Å². The quantitative estimate of drug-likeness (QED) is 0.870. The zero-order valence-corrected chi connectivity index (χ0v) is 13.1. The molecule has 1 fully saturated rings. The number of nitrogens with zero attached hydrogens (tertiary/aromatic N) is 1. The minimum atomic E-state index is -0.320. The van der Waals surface area contributed by atoms with Crippen LogP contribution in [0.1, 0.15) is 43.7 Å². The van der Waals surface area contributed by atoms with E-state index < -0.39 is 0 Å². The minimum Gasteiger partial charge on any atom is -0.389 e. The second kappa shape index (κ2) is 6.98. The van der Waals surface area contributed by atoms with E-state index >= 15 is 0 Å². The van der Waals surface area contributed by atoms with Gasteiger partial charge in [-0.15, -0.1) is 0 Å². The molecule has 1 saturated heterocycles.